The zero-order chi connectivity index (χ0) is 17.9. The normalized spacial score (nSPS) is 15.8. The van der Waals surface area contributed by atoms with Crippen molar-refractivity contribution in [2.75, 3.05) is 29.9 Å². The van der Waals surface area contributed by atoms with Gasteiger partial charge >= 0.3 is 0 Å². The molecule has 0 aromatic carbocycles. The molecule has 1 aliphatic rings. The smallest absolute Gasteiger partial charge is 0.246 e. The fraction of sp³-hybridized carbons (Fsp3) is 0.353. The van der Waals surface area contributed by atoms with Crippen LogP contribution >= 0.6 is 0 Å². The summed E-state index contributed by atoms with van der Waals surface area (Å²) in [6.45, 7) is 8.42. The molecular formula is C17H24N6O. The van der Waals surface area contributed by atoms with Crippen molar-refractivity contribution in [3.05, 3.63) is 42.5 Å². The van der Waals surface area contributed by atoms with Gasteiger partial charge in [0, 0.05) is 25.2 Å². The van der Waals surface area contributed by atoms with E-state index in [-0.39, 0.29) is 18.5 Å². The first-order valence-corrected chi connectivity index (χ1v) is 7.79. The number of carbonyl (C=O) groups is 1. The maximum atomic E-state index is 12.2. The number of nitrogens with zero attached hydrogens (tertiary/aromatic N) is 4. The first-order valence-electron chi connectivity index (χ1n) is 7.79. The number of hydrogen-bond donors (Lipinski definition) is 2. The Morgan fingerprint density at radius 2 is 2.21 bits per heavy atom. The van der Waals surface area contributed by atoms with E-state index >= 15 is 0 Å². The summed E-state index contributed by atoms with van der Waals surface area (Å²) in [6, 6.07) is 0.134. The average Bonchev–Trinajstić information content (AvgIpc) is 2.57. The Labute approximate surface area is 142 Å². The molecule has 2 rings (SSSR count). The average molecular weight is 328 g/mol. The molecule has 7 heteroatoms. The molecule has 4 N–H and O–H groups in total. The molecule has 7 nitrogen and oxygen atoms in total. The Balaban J connectivity index is 2.64. The van der Waals surface area contributed by atoms with Gasteiger partial charge in [0.1, 0.15) is 5.69 Å². The van der Waals surface area contributed by atoms with E-state index in [1.165, 1.54) is 6.20 Å². The topological polar surface area (TPSA) is 101 Å². The number of carbonyl (C=O) groups excluding carboxylic acids is 1. The number of rotatable bonds is 5. The molecule has 0 fully saturated rings. The molecule has 128 valence electrons. The van der Waals surface area contributed by atoms with Gasteiger partial charge in [-0.1, -0.05) is 12.7 Å². The Hall–Kier alpha value is -2.67. The second-order valence-electron chi connectivity index (χ2n) is 5.78. The van der Waals surface area contributed by atoms with Gasteiger partial charge < -0.3 is 21.3 Å². The van der Waals surface area contributed by atoms with Gasteiger partial charge in [-0.15, -0.1) is 0 Å². The van der Waals surface area contributed by atoms with Crippen LogP contribution in [0.15, 0.2) is 36.7 Å². The summed E-state index contributed by atoms with van der Waals surface area (Å²) in [5, 5.41) is 0. The summed E-state index contributed by atoms with van der Waals surface area (Å²) >= 11 is 0. The molecule has 0 radical (unpaired) electrons. The van der Waals surface area contributed by atoms with Crippen molar-refractivity contribution in [1.29, 1.82) is 0 Å². The van der Waals surface area contributed by atoms with Gasteiger partial charge in [0.25, 0.3) is 0 Å². The van der Waals surface area contributed by atoms with E-state index in [0.29, 0.717) is 18.1 Å². The largest absolute Gasteiger partial charge is 0.405 e. The van der Waals surface area contributed by atoms with Gasteiger partial charge in [0.15, 0.2) is 11.6 Å². The first-order chi connectivity index (χ1) is 11.4. The van der Waals surface area contributed by atoms with Crippen molar-refractivity contribution in [1.82, 2.24) is 9.97 Å². The van der Waals surface area contributed by atoms with Gasteiger partial charge in [-0.2, -0.15) is 0 Å². The molecule has 0 spiro atoms. The fourth-order valence-electron chi connectivity index (χ4n) is 2.56. The van der Waals surface area contributed by atoms with Crippen LogP contribution in [0.2, 0.25) is 0 Å². The highest BCUT2D eigenvalue weighted by Crippen LogP contribution is 2.33. The number of likely N-dealkylation sites (N-methyl/N-ethyl adjacent to an activating group) is 1. The van der Waals surface area contributed by atoms with Gasteiger partial charge in [-0.25, -0.2) is 9.97 Å². The van der Waals surface area contributed by atoms with Crippen molar-refractivity contribution in [3.8, 4) is 0 Å². The molecular weight excluding hydrogens is 304 g/mol. The van der Waals surface area contributed by atoms with Gasteiger partial charge in [-0.05, 0) is 31.7 Å². The highest BCUT2D eigenvalue weighted by Gasteiger charge is 2.30. The van der Waals surface area contributed by atoms with Crippen molar-refractivity contribution >= 4 is 23.0 Å². The van der Waals surface area contributed by atoms with Gasteiger partial charge in [0.2, 0.25) is 5.91 Å². The third kappa shape index (κ3) is 3.16. The number of aromatic nitrogens is 2. The quantitative estimate of drug-likeness (QED) is 0.783. The molecule has 0 saturated heterocycles. The third-order valence-electron chi connectivity index (χ3n) is 4.00. The number of amides is 1. The second kappa shape index (κ2) is 7.27. The van der Waals surface area contributed by atoms with Crippen LogP contribution in [0.4, 0.5) is 11.5 Å². The van der Waals surface area contributed by atoms with Crippen molar-refractivity contribution < 1.29 is 4.79 Å². The Kier molecular flexibility index (Phi) is 5.35. The van der Waals surface area contributed by atoms with Crippen LogP contribution in [0.3, 0.4) is 0 Å². The molecule has 0 atom stereocenters. The highest BCUT2D eigenvalue weighted by molar-refractivity contribution is 6.02. The lowest BCUT2D eigenvalue weighted by Gasteiger charge is -2.36. The van der Waals surface area contributed by atoms with Crippen molar-refractivity contribution in [2.45, 2.75) is 19.9 Å². The van der Waals surface area contributed by atoms with Crippen LogP contribution in [0.5, 0.6) is 0 Å². The van der Waals surface area contributed by atoms with Crippen molar-refractivity contribution in [2.24, 2.45) is 11.5 Å². The summed E-state index contributed by atoms with van der Waals surface area (Å²) in [7, 11) is 1.73. The number of anilines is 2. The number of allylic oxidation sites excluding steroid dienone is 2. The summed E-state index contributed by atoms with van der Waals surface area (Å²) in [5.41, 5.74) is 13.6. The van der Waals surface area contributed by atoms with E-state index in [1.54, 1.807) is 30.3 Å². The molecule has 1 aromatic rings. The Morgan fingerprint density at radius 1 is 1.50 bits per heavy atom. The Morgan fingerprint density at radius 3 is 2.75 bits per heavy atom. The van der Waals surface area contributed by atoms with Crippen LogP contribution in [0, 0.1) is 0 Å². The molecule has 1 aromatic heterocycles. The molecule has 0 unspecified atom stereocenters. The number of fused-ring (bicyclic) bond motifs is 1. The van der Waals surface area contributed by atoms with Crippen molar-refractivity contribution in [3.63, 3.8) is 0 Å². The van der Waals surface area contributed by atoms with E-state index in [4.69, 9.17) is 11.5 Å². The minimum atomic E-state index is 0.0129. The van der Waals surface area contributed by atoms with E-state index in [9.17, 15) is 4.79 Å². The highest BCUT2D eigenvalue weighted by atomic mass is 16.2. The first kappa shape index (κ1) is 17.7. The van der Waals surface area contributed by atoms with E-state index in [0.717, 1.165) is 17.0 Å². The lowest BCUT2D eigenvalue weighted by molar-refractivity contribution is -0.117. The monoisotopic (exact) mass is 328 g/mol. The summed E-state index contributed by atoms with van der Waals surface area (Å²) in [4.78, 5) is 24.8. The standard InChI is InChI=1S/C17H24N6O/c1-5-12(8-19)13(6-7-18)16-20-9-14-17(21-16)23(11(2)3)10-15(24)22(14)4/h5-7,9,11H,1,8,10,18-19H2,2-4H3/b7-6-,13-12-. The van der Waals surface area contributed by atoms with Crippen LogP contribution < -0.4 is 21.3 Å². The van der Waals surface area contributed by atoms with Crippen LogP contribution in [-0.4, -0.2) is 42.1 Å². The van der Waals surface area contributed by atoms with E-state index in [1.807, 2.05) is 18.7 Å². The maximum Gasteiger partial charge on any atom is 0.246 e. The predicted molar refractivity (Wildman–Crippen MR) is 97.4 cm³/mol. The van der Waals surface area contributed by atoms with Crippen LogP contribution in [0.25, 0.3) is 5.57 Å². The van der Waals surface area contributed by atoms with Gasteiger partial charge in [0.05, 0.1) is 12.7 Å². The molecule has 2 heterocycles. The molecule has 0 aliphatic carbocycles. The molecule has 0 bridgehead atoms. The van der Waals surface area contributed by atoms with E-state index in [2.05, 4.69) is 16.5 Å². The lowest BCUT2D eigenvalue weighted by atomic mass is 10.1. The zero-order valence-corrected chi connectivity index (χ0v) is 14.4. The minimum absolute atomic E-state index is 0.0129. The molecule has 0 saturated carbocycles. The zero-order valence-electron chi connectivity index (χ0n) is 14.4. The number of hydrogen-bond acceptors (Lipinski definition) is 6. The molecule has 24 heavy (non-hydrogen) atoms. The predicted octanol–water partition coefficient (Wildman–Crippen LogP) is 1.04. The summed E-state index contributed by atoms with van der Waals surface area (Å²) < 4.78 is 0. The molecule has 1 aliphatic heterocycles. The van der Waals surface area contributed by atoms with Crippen LogP contribution in [0.1, 0.15) is 19.7 Å². The van der Waals surface area contributed by atoms with Gasteiger partial charge in [-0.3, -0.25) is 4.79 Å². The Bertz CT molecular complexity index is 707. The summed E-state index contributed by atoms with van der Waals surface area (Å²) in [6.07, 6.45) is 6.47. The minimum Gasteiger partial charge on any atom is -0.405 e. The van der Waals surface area contributed by atoms with Crippen LogP contribution in [-0.2, 0) is 4.79 Å². The lowest BCUT2D eigenvalue weighted by Crippen LogP contribution is -2.47. The second-order valence-corrected chi connectivity index (χ2v) is 5.78. The third-order valence-corrected chi connectivity index (χ3v) is 4.00. The molecule has 1 amide bonds. The summed E-state index contributed by atoms with van der Waals surface area (Å²) in [5.74, 6) is 1.24. The van der Waals surface area contributed by atoms with E-state index < -0.39 is 0 Å². The fourth-order valence-corrected chi connectivity index (χ4v) is 2.56. The maximum absolute atomic E-state index is 12.2. The number of nitrogens with two attached hydrogens (primary N) is 2. The SMILES string of the molecule is C=C/C(CN)=C(\C=C/N)c1ncc2c(n1)N(C(C)C)CC(=O)N2C.